The van der Waals surface area contributed by atoms with Gasteiger partial charge in [-0.05, 0) is 23.8 Å². The zero-order valence-electron chi connectivity index (χ0n) is 5.71. The Hall–Kier alpha value is -1.20. The van der Waals surface area contributed by atoms with Crippen LogP contribution >= 0.6 is 11.6 Å². The van der Waals surface area contributed by atoms with Crippen molar-refractivity contribution >= 4 is 11.6 Å². The highest BCUT2D eigenvalue weighted by molar-refractivity contribution is 6.30. The normalized spacial score (nSPS) is 9.09. The van der Waals surface area contributed by atoms with Crippen molar-refractivity contribution in [3.05, 3.63) is 28.8 Å². The van der Waals surface area contributed by atoms with Crippen LogP contribution in [0.25, 0.3) is 0 Å². The van der Waals surface area contributed by atoms with Gasteiger partial charge in [0.2, 0.25) is 0 Å². The first-order valence-electron chi connectivity index (χ1n) is 3.08. The van der Waals surface area contributed by atoms with Gasteiger partial charge >= 0.3 is 0 Å². The van der Waals surface area contributed by atoms with E-state index in [1.165, 1.54) is 12.1 Å². The standard InChI is InChI=1S/C8H6ClNO/c9-7-3-6(1-2-10)4-8(11)5-7/h3-5,11H,1H2. The van der Waals surface area contributed by atoms with Crippen LogP contribution in [0, 0.1) is 11.3 Å². The predicted octanol–water partition coefficient (Wildman–Crippen LogP) is 2.11. The third-order valence-electron chi connectivity index (χ3n) is 1.23. The zero-order chi connectivity index (χ0) is 8.27. The quantitative estimate of drug-likeness (QED) is 0.696. The lowest BCUT2D eigenvalue weighted by Crippen LogP contribution is -1.80. The summed E-state index contributed by atoms with van der Waals surface area (Å²) in [7, 11) is 0. The molecule has 1 aromatic carbocycles. The van der Waals surface area contributed by atoms with Crippen LogP contribution in [0.15, 0.2) is 18.2 Å². The van der Waals surface area contributed by atoms with E-state index >= 15 is 0 Å². The Labute approximate surface area is 69.7 Å². The molecule has 11 heavy (non-hydrogen) atoms. The Balaban J connectivity index is 3.01. The van der Waals surface area contributed by atoms with Gasteiger partial charge in [0, 0.05) is 5.02 Å². The number of nitriles is 1. The minimum Gasteiger partial charge on any atom is -0.508 e. The third kappa shape index (κ3) is 2.14. The number of halogens is 1. The van der Waals surface area contributed by atoms with Crippen LogP contribution in [-0.4, -0.2) is 5.11 Å². The van der Waals surface area contributed by atoms with Crippen molar-refractivity contribution in [3.8, 4) is 11.8 Å². The van der Waals surface area contributed by atoms with Gasteiger partial charge in [-0.25, -0.2) is 0 Å². The predicted molar refractivity (Wildman–Crippen MR) is 42.4 cm³/mol. The number of benzene rings is 1. The second kappa shape index (κ2) is 3.27. The average Bonchev–Trinajstić information content (AvgIpc) is 1.85. The molecule has 0 amide bonds. The second-order valence-electron chi connectivity index (χ2n) is 2.15. The van der Waals surface area contributed by atoms with Crippen LogP contribution in [0.2, 0.25) is 5.02 Å². The van der Waals surface area contributed by atoms with Crippen molar-refractivity contribution in [3.63, 3.8) is 0 Å². The highest BCUT2D eigenvalue weighted by Gasteiger charge is 1.96. The molecule has 0 unspecified atom stereocenters. The minimum atomic E-state index is 0.0998. The lowest BCUT2D eigenvalue weighted by atomic mass is 10.1. The van der Waals surface area contributed by atoms with E-state index in [-0.39, 0.29) is 12.2 Å². The molecule has 1 aromatic rings. The average molecular weight is 168 g/mol. The summed E-state index contributed by atoms with van der Waals surface area (Å²) in [5.74, 6) is 0.0998. The molecule has 0 radical (unpaired) electrons. The van der Waals surface area contributed by atoms with Crippen LogP contribution in [0.3, 0.4) is 0 Å². The Morgan fingerprint density at radius 2 is 2.18 bits per heavy atom. The van der Waals surface area contributed by atoms with E-state index in [0.717, 1.165) is 5.56 Å². The molecule has 0 saturated carbocycles. The second-order valence-corrected chi connectivity index (χ2v) is 2.59. The third-order valence-corrected chi connectivity index (χ3v) is 1.44. The fourth-order valence-electron chi connectivity index (χ4n) is 0.827. The molecule has 0 bridgehead atoms. The van der Waals surface area contributed by atoms with E-state index in [1.54, 1.807) is 6.07 Å². The number of rotatable bonds is 1. The molecule has 0 fully saturated rings. The molecule has 1 N–H and O–H groups in total. The molecule has 3 heteroatoms. The van der Waals surface area contributed by atoms with Gasteiger partial charge < -0.3 is 5.11 Å². The van der Waals surface area contributed by atoms with Gasteiger partial charge in [0.1, 0.15) is 5.75 Å². The first-order chi connectivity index (χ1) is 5.22. The van der Waals surface area contributed by atoms with Crippen molar-refractivity contribution in [1.82, 2.24) is 0 Å². The number of phenolic OH excluding ortho intramolecular Hbond substituents is 1. The molecular formula is C8H6ClNO. The Morgan fingerprint density at radius 1 is 1.45 bits per heavy atom. The van der Waals surface area contributed by atoms with Gasteiger partial charge in [-0.15, -0.1) is 0 Å². The topological polar surface area (TPSA) is 44.0 Å². The van der Waals surface area contributed by atoms with E-state index in [1.807, 2.05) is 6.07 Å². The maximum atomic E-state index is 9.03. The van der Waals surface area contributed by atoms with Crippen molar-refractivity contribution in [2.24, 2.45) is 0 Å². The van der Waals surface area contributed by atoms with E-state index in [9.17, 15) is 0 Å². The number of hydrogen-bond donors (Lipinski definition) is 1. The Kier molecular flexibility index (Phi) is 2.35. The van der Waals surface area contributed by atoms with Gasteiger partial charge in [0.05, 0.1) is 12.5 Å². The molecule has 0 atom stereocenters. The van der Waals surface area contributed by atoms with E-state index < -0.39 is 0 Å². The van der Waals surface area contributed by atoms with Gasteiger partial charge in [-0.1, -0.05) is 11.6 Å². The number of nitrogens with zero attached hydrogens (tertiary/aromatic N) is 1. The molecule has 0 aromatic heterocycles. The van der Waals surface area contributed by atoms with Crippen LogP contribution in [0.5, 0.6) is 5.75 Å². The monoisotopic (exact) mass is 167 g/mol. The highest BCUT2D eigenvalue weighted by Crippen LogP contribution is 2.19. The summed E-state index contributed by atoms with van der Waals surface area (Å²) < 4.78 is 0. The maximum absolute atomic E-state index is 9.03. The molecule has 0 saturated heterocycles. The molecule has 2 nitrogen and oxygen atoms in total. The molecule has 0 heterocycles. The fourth-order valence-corrected chi connectivity index (χ4v) is 1.08. The molecule has 56 valence electrons. The van der Waals surface area contributed by atoms with Crippen molar-refractivity contribution in [2.75, 3.05) is 0 Å². The van der Waals surface area contributed by atoms with Crippen LogP contribution in [0.1, 0.15) is 5.56 Å². The smallest absolute Gasteiger partial charge is 0.117 e. The molecular weight excluding hydrogens is 162 g/mol. The molecule has 0 aliphatic heterocycles. The van der Waals surface area contributed by atoms with Gasteiger partial charge in [0.15, 0.2) is 0 Å². The van der Waals surface area contributed by atoms with Crippen LogP contribution in [0.4, 0.5) is 0 Å². The van der Waals surface area contributed by atoms with Crippen molar-refractivity contribution < 1.29 is 5.11 Å². The molecule has 0 aliphatic rings. The summed E-state index contributed by atoms with van der Waals surface area (Å²) in [6.07, 6.45) is 0.272. The Morgan fingerprint density at radius 3 is 2.73 bits per heavy atom. The van der Waals surface area contributed by atoms with Crippen molar-refractivity contribution in [1.29, 1.82) is 5.26 Å². The Bertz CT molecular complexity index is 283. The minimum absolute atomic E-state index is 0.0998. The number of hydrogen-bond acceptors (Lipinski definition) is 2. The highest BCUT2D eigenvalue weighted by atomic mass is 35.5. The number of aromatic hydroxyl groups is 1. The summed E-state index contributed by atoms with van der Waals surface area (Å²) in [6, 6.07) is 6.58. The van der Waals surface area contributed by atoms with E-state index in [2.05, 4.69) is 0 Å². The van der Waals surface area contributed by atoms with Gasteiger partial charge in [-0.3, -0.25) is 0 Å². The summed E-state index contributed by atoms with van der Waals surface area (Å²) in [5, 5.41) is 17.8. The summed E-state index contributed by atoms with van der Waals surface area (Å²) >= 11 is 5.62. The van der Waals surface area contributed by atoms with Crippen LogP contribution < -0.4 is 0 Å². The van der Waals surface area contributed by atoms with Crippen molar-refractivity contribution in [2.45, 2.75) is 6.42 Å². The van der Waals surface area contributed by atoms with E-state index in [4.69, 9.17) is 22.0 Å². The van der Waals surface area contributed by atoms with Gasteiger partial charge in [-0.2, -0.15) is 5.26 Å². The zero-order valence-corrected chi connectivity index (χ0v) is 6.47. The fraction of sp³-hybridized carbons (Fsp3) is 0.125. The maximum Gasteiger partial charge on any atom is 0.117 e. The van der Waals surface area contributed by atoms with E-state index in [0.29, 0.717) is 5.02 Å². The summed E-state index contributed by atoms with van der Waals surface area (Å²) in [4.78, 5) is 0. The molecule has 0 aliphatic carbocycles. The number of phenols is 1. The largest absolute Gasteiger partial charge is 0.508 e. The lowest BCUT2D eigenvalue weighted by molar-refractivity contribution is 0.475. The SMILES string of the molecule is N#CCc1cc(O)cc(Cl)c1. The summed E-state index contributed by atoms with van der Waals surface area (Å²) in [5.41, 5.74) is 0.734. The van der Waals surface area contributed by atoms with Crippen LogP contribution in [-0.2, 0) is 6.42 Å². The lowest BCUT2D eigenvalue weighted by Gasteiger charge is -1.96. The first-order valence-corrected chi connectivity index (χ1v) is 3.45. The van der Waals surface area contributed by atoms with Gasteiger partial charge in [0.25, 0.3) is 0 Å². The first kappa shape index (κ1) is 7.90. The molecule has 1 rings (SSSR count). The molecule has 0 spiro atoms. The summed E-state index contributed by atoms with van der Waals surface area (Å²) in [6.45, 7) is 0.